The quantitative estimate of drug-likeness (QED) is 0.256. The number of nitrogens with zero attached hydrogens (tertiary/aromatic N) is 4. The van der Waals surface area contributed by atoms with Crippen LogP contribution in [0.25, 0.3) is 0 Å². The molecule has 6 nitrogen and oxygen atoms in total. The molecule has 31 heavy (non-hydrogen) atoms. The molecule has 2 rings (SSSR count). The van der Waals surface area contributed by atoms with E-state index in [9.17, 15) is 0 Å². The molecule has 6 heteroatoms. The van der Waals surface area contributed by atoms with Crippen LogP contribution in [0.15, 0.2) is 29.3 Å². The molecular weight excluding hydrogens is 384 g/mol. The maximum Gasteiger partial charge on any atom is 0.219 e. The zero-order chi connectivity index (χ0) is 22.9. The van der Waals surface area contributed by atoms with Crippen LogP contribution in [-0.2, 0) is 6.42 Å². The number of quaternary nitrogens is 2. The fraction of sp³-hybridized carbons (Fsp3) is 0.680. The second-order valence-electron chi connectivity index (χ2n) is 10.4. The number of unbranched alkanes of at least 4 members (excludes halogenated alkanes) is 1. The predicted molar refractivity (Wildman–Crippen MR) is 135 cm³/mol. The molecule has 1 aliphatic rings. The zero-order valence-corrected chi connectivity index (χ0v) is 20.7. The topological polar surface area (TPSA) is 65.5 Å². The second-order valence-corrected chi connectivity index (χ2v) is 10.4. The molecule has 1 heterocycles. The van der Waals surface area contributed by atoms with Gasteiger partial charge in [-0.3, -0.25) is 9.89 Å². The van der Waals surface area contributed by atoms with E-state index < -0.39 is 0 Å². The molecule has 0 aromatic heterocycles. The minimum absolute atomic E-state index is 0.280. The summed E-state index contributed by atoms with van der Waals surface area (Å²) in [5, 5.41) is 8.24. The lowest BCUT2D eigenvalue weighted by atomic mass is 10.1. The standard InChI is InChI=1S/C25H46N6/c1-29(17-7-10-20-31(5)18-8-6-9-19-31)25(27)28-24(26)16-12-14-22-13-11-15-23(21-22)30(2,3)4/h11,13,15,21H,6-10,12,14,16-20H2,1-5H3,(H3,26,27,28)/q+2. The van der Waals surface area contributed by atoms with Gasteiger partial charge in [0.05, 0.1) is 47.8 Å². The third-order valence-corrected chi connectivity index (χ3v) is 6.53. The summed E-state index contributed by atoms with van der Waals surface area (Å²) in [7, 11) is 10.9. The highest BCUT2D eigenvalue weighted by atomic mass is 15.3. The minimum atomic E-state index is 0.280. The van der Waals surface area contributed by atoms with Crippen molar-refractivity contribution in [2.45, 2.75) is 51.4 Å². The summed E-state index contributed by atoms with van der Waals surface area (Å²) < 4.78 is 2.04. The van der Waals surface area contributed by atoms with Crippen molar-refractivity contribution < 1.29 is 4.48 Å². The number of piperidine rings is 1. The predicted octanol–water partition coefficient (Wildman–Crippen LogP) is 3.84. The van der Waals surface area contributed by atoms with Gasteiger partial charge in [-0.2, -0.15) is 0 Å². The van der Waals surface area contributed by atoms with Gasteiger partial charge in [-0.1, -0.05) is 12.1 Å². The number of aryl methyl sites for hydroxylation is 1. The first-order chi connectivity index (χ1) is 14.6. The Hall–Kier alpha value is -1.92. The van der Waals surface area contributed by atoms with Crippen molar-refractivity contribution >= 4 is 17.5 Å². The number of hydrogen-bond donors (Lipinski definition) is 2. The number of aliphatic imine (C=N–C) groups is 1. The summed E-state index contributed by atoms with van der Waals surface area (Å²) in [4.78, 5) is 6.27. The summed E-state index contributed by atoms with van der Waals surface area (Å²) >= 11 is 0. The second kappa shape index (κ2) is 11.6. The Morgan fingerprint density at radius 3 is 2.52 bits per heavy atom. The van der Waals surface area contributed by atoms with Crippen LogP contribution >= 0.6 is 0 Å². The molecule has 1 fully saturated rings. The first-order valence-electron chi connectivity index (χ1n) is 12.0. The molecule has 1 aromatic carbocycles. The van der Waals surface area contributed by atoms with Crippen molar-refractivity contribution in [1.82, 2.24) is 9.38 Å². The lowest BCUT2D eigenvalue weighted by Crippen LogP contribution is -2.48. The lowest BCUT2D eigenvalue weighted by molar-refractivity contribution is -0.914. The summed E-state index contributed by atoms with van der Waals surface area (Å²) in [5.41, 5.74) is 8.76. The Balaban J connectivity index is 1.69. The maximum atomic E-state index is 8.24. The molecule has 0 atom stereocenters. The number of rotatable bonds is 10. The van der Waals surface area contributed by atoms with Gasteiger partial charge in [0.25, 0.3) is 0 Å². The van der Waals surface area contributed by atoms with Crippen molar-refractivity contribution in [2.75, 3.05) is 61.4 Å². The van der Waals surface area contributed by atoms with Crippen LogP contribution < -0.4 is 10.2 Å². The Labute approximate surface area is 190 Å². The summed E-state index contributed by atoms with van der Waals surface area (Å²) in [6.45, 7) is 4.77. The summed E-state index contributed by atoms with van der Waals surface area (Å²) in [6, 6.07) is 8.75. The first kappa shape index (κ1) is 25.3. The molecule has 1 aromatic rings. The zero-order valence-electron chi connectivity index (χ0n) is 20.7. The summed E-state index contributed by atoms with van der Waals surface area (Å²) in [5.74, 6) is 0.842. The third kappa shape index (κ3) is 8.99. The Morgan fingerprint density at radius 1 is 1.13 bits per heavy atom. The third-order valence-electron chi connectivity index (χ3n) is 6.53. The summed E-state index contributed by atoms with van der Waals surface area (Å²) in [6.07, 6.45) is 9.10. The highest BCUT2D eigenvalue weighted by Gasteiger charge is 2.23. The Bertz CT molecular complexity index is 728. The van der Waals surface area contributed by atoms with Gasteiger partial charge in [0, 0.05) is 26.1 Å². The van der Waals surface area contributed by atoms with E-state index >= 15 is 0 Å². The van der Waals surface area contributed by atoms with E-state index in [1.165, 1.54) is 61.1 Å². The van der Waals surface area contributed by atoms with Gasteiger partial charge in [0.15, 0.2) is 0 Å². The van der Waals surface area contributed by atoms with Crippen LogP contribution in [0, 0.1) is 5.41 Å². The monoisotopic (exact) mass is 430 g/mol. The SMILES string of the molecule is CN(CCCC[N+]1(C)CCCCC1)C(=N)N=C(N)CCCc1cccc([N+](C)(C)C)c1. The van der Waals surface area contributed by atoms with Crippen LogP contribution in [0.2, 0.25) is 0 Å². The molecule has 0 radical (unpaired) electrons. The molecule has 1 aliphatic heterocycles. The Kier molecular flexibility index (Phi) is 9.51. The van der Waals surface area contributed by atoms with Crippen LogP contribution in [0.3, 0.4) is 0 Å². The van der Waals surface area contributed by atoms with E-state index in [2.05, 4.69) is 57.4 Å². The average molecular weight is 431 g/mol. The minimum Gasteiger partial charge on any atom is -0.387 e. The van der Waals surface area contributed by atoms with Gasteiger partial charge in [-0.05, 0) is 56.6 Å². The maximum absolute atomic E-state index is 8.24. The van der Waals surface area contributed by atoms with Gasteiger partial charge < -0.3 is 15.1 Å². The van der Waals surface area contributed by atoms with Crippen LogP contribution in [0.1, 0.15) is 50.5 Å². The molecule has 0 aliphatic carbocycles. The lowest BCUT2D eigenvalue weighted by Gasteiger charge is -2.38. The van der Waals surface area contributed by atoms with Crippen molar-refractivity contribution in [2.24, 2.45) is 10.7 Å². The van der Waals surface area contributed by atoms with Gasteiger partial charge in [-0.15, -0.1) is 0 Å². The van der Waals surface area contributed by atoms with Gasteiger partial charge in [0.1, 0.15) is 11.5 Å². The number of likely N-dealkylation sites (tertiary alicyclic amines) is 1. The smallest absolute Gasteiger partial charge is 0.219 e. The van der Waals surface area contributed by atoms with E-state index in [1.54, 1.807) is 0 Å². The number of nitrogens with two attached hydrogens (primary N) is 1. The van der Waals surface area contributed by atoms with E-state index in [0.717, 1.165) is 36.7 Å². The average Bonchev–Trinajstić information content (AvgIpc) is 2.71. The van der Waals surface area contributed by atoms with Crippen LogP contribution in [-0.4, -0.2) is 82.6 Å². The van der Waals surface area contributed by atoms with Crippen LogP contribution in [0.4, 0.5) is 5.69 Å². The number of amidine groups is 1. The van der Waals surface area contributed by atoms with E-state index in [4.69, 9.17) is 11.1 Å². The fourth-order valence-corrected chi connectivity index (χ4v) is 4.33. The van der Waals surface area contributed by atoms with Crippen LogP contribution in [0.5, 0.6) is 0 Å². The molecule has 0 unspecified atom stereocenters. The molecule has 1 saturated heterocycles. The Morgan fingerprint density at radius 2 is 1.84 bits per heavy atom. The molecule has 3 N–H and O–H groups in total. The highest BCUT2D eigenvalue weighted by molar-refractivity contribution is 5.93. The van der Waals surface area contributed by atoms with Gasteiger partial charge in [-0.25, -0.2) is 4.99 Å². The number of nitrogens with one attached hydrogen (secondary N) is 1. The van der Waals surface area contributed by atoms with Crippen molar-refractivity contribution in [1.29, 1.82) is 5.41 Å². The van der Waals surface area contributed by atoms with E-state index in [0.29, 0.717) is 5.84 Å². The molecule has 0 bridgehead atoms. The van der Waals surface area contributed by atoms with Gasteiger partial charge in [0.2, 0.25) is 5.96 Å². The largest absolute Gasteiger partial charge is 0.387 e. The fourth-order valence-electron chi connectivity index (χ4n) is 4.33. The molecule has 0 spiro atoms. The molecular formula is C25H46N6+2. The number of benzene rings is 1. The normalized spacial score (nSPS) is 16.9. The van der Waals surface area contributed by atoms with Gasteiger partial charge >= 0.3 is 0 Å². The number of guanidine groups is 1. The number of hydrogen-bond acceptors (Lipinski definition) is 1. The first-order valence-corrected chi connectivity index (χ1v) is 12.0. The molecule has 0 amide bonds. The van der Waals surface area contributed by atoms with E-state index in [1.807, 2.05) is 11.9 Å². The highest BCUT2D eigenvalue weighted by Crippen LogP contribution is 2.19. The van der Waals surface area contributed by atoms with E-state index in [-0.39, 0.29) is 5.96 Å². The molecule has 0 saturated carbocycles. The van der Waals surface area contributed by atoms with Crippen molar-refractivity contribution in [3.05, 3.63) is 29.8 Å². The van der Waals surface area contributed by atoms with Crippen molar-refractivity contribution in [3.8, 4) is 0 Å². The molecule has 174 valence electrons. The van der Waals surface area contributed by atoms with Crippen molar-refractivity contribution in [3.63, 3.8) is 0 Å².